The SMILES string of the molecule is CC#CCOc1ccc(S(=O)(=O)CC2(C(=O)NO)CCN(S(=O)(=O)c3cc(Cl)sc3Cl)CC2)cc1. The van der Waals surface area contributed by atoms with Gasteiger partial charge in [0.15, 0.2) is 9.84 Å². The Balaban J connectivity index is 1.80. The number of ether oxygens (including phenoxy) is 1. The van der Waals surface area contributed by atoms with Gasteiger partial charge in [-0.25, -0.2) is 22.3 Å². The molecule has 35 heavy (non-hydrogen) atoms. The molecule has 1 aromatic carbocycles. The Morgan fingerprint density at radius 1 is 1.20 bits per heavy atom. The predicted molar refractivity (Wildman–Crippen MR) is 132 cm³/mol. The van der Waals surface area contributed by atoms with Crippen LogP contribution in [0.1, 0.15) is 19.8 Å². The van der Waals surface area contributed by atoms with Crippen molar-refractivity contribution in [3.8, 4) is 17.6 Å². The monoisotopic (exact) mass is 580 g/mol. The fourth-order valence-corrected chi connectivity index (χ4v) is 9.15. The summed E-state index contributed by atoms with van der Waals surface area (Å²) in [7, 11) is -7.99. The van der Waals surface area contributed by atoms with Crippen molar-refractivity contribution in [1.29, 1.82) is 0 Å². The fraction of sp³-hybridized carbons (Fsp3) is 0.381. The van der Waals surface area contributed by atoms with Gasteiger partial charge in [-0.15, -0.1) is 17.3 Å². The molecule has 2 aromatic rings. The number of sulfonamides is 1. The van der Waals surface area contributed by atoms with Crippen molar-refractivity contribution < 1.29 is 31.6 Å². The van der Waals surface area contributed by atoms with E-state index in [-0.39, 0.29) is 51.0 Å². The number of piperidine rings is 1. The average molecular weight is 582 g/mol. The molecule has 1 aliphatic rings. The summed E-state index contributed by atoms with van der Waals surface area (Å²) >= 11 is 12.8. The quantitative estimate of drug-likeness (QED) is 0.278. The summed E-state index contributed by atoms with van der Waals surface area (Å²) in [5.74, 6) is 4.33. The first-order valence-corrected chi connectivity index (χ1v) is 14.9. The summed E-state index contributed by atoms with van der Waals surface area (Å²) in [5.41, 5.74) is 0.00387. The van der Waals surface area contributed by atoms with E-state index in [0.717, 1.165) is 15.6 Å². The topological polar surface area (TPSA) is 130 Å². The lowest BCUT2D eigenvalue weighted by atomic mass is 9.80. The van der Waals surface area contributed by atoms with Crippen LogP contribution in [-0.4, -0.2) is 57.7 Å². The van der Waals surface area contributed by atoms with Gasteiger partial charge < -0.3 is 4.74 Å². The molecule has 14 heteroatoms. The third-order valence-electron chi connectivity index (χ3n) is 5.64. The summed E-state index contributed by atoms with van der Waals surface area (Å²) in [6, 6.07) is 6.92. The first-order valence-electron chi connectivity index (χ1n) is 10.2. The molecular formula is C21H22Cl2N2O7S3. The standard InChI is InChI=1S/C21H22Cl2N2O7S3/c1-2-3-12-32-15-4-6-16(7-5-15)34(28,29)14-21(20(26)24-27)8-10-25(11-9-21)35(30,31)17-13-18(22)33-19(17)23/h4-7,13,27H,8-12,14H2,1H3,(H,24,26). The fourth-order valence-electron chi connectivity index (χ4n) is 3.73. The van der Waals surface area contributed by atoms with Gasteiger partial charge in [-0.3, -0.25) is 10.0 Å². The molecule has 0 atom stereocenters. The highest BCUT2D eigenvalue weighted by Gasteiger charge is 2.47. The lowest BCUT2D eigenvalue weighted by molar-refractivity contribution is -0.140. The Labute approximate surface area is 217 Å². The smallest absolute Gasteiger partial charge is 0.250 e. The van der Waals surface area contributed by atoms with E-state index in [1.807, 2.05) is 0 Å². The van der Waals surface area contributed by atoms with Crippen molar-refractivity contribution in [3.63, 3.8) is 0 Å². The van der Waals surface area contributed by atoms with Gasteiger partial charge in [0.2, 0.25) is 10.0 Å². The number of sulfone groups is 1. The third kappa shape index (κ3) is 6.11. The molecule has 2 heterocycles. The van der Waals surface area contributed by atoms with Gasteiger partial charge in [0.25, 0.3) is 5.91 Å². The number of halogens is 2. The minimum absolute atomic E-state index is 0.0108. The largest absolute Gasteiger partial charge is 0.481 e. The van der Waals surface area contributed by atoms with Crippen LogP contribution in [0.25, 0.3) is 0 Å². The summed E-state index contributed by atoms with van der Waals surface area (Å²) in [6.45, 7) is 1.52. The highest BCUT2D eigenvalue weighted by atomic mass is 35.5. The van der Waals surface area contributed by atoms with Crippen molar-refractivity contribution in [3.05, 3.63) is 39.0 Å². The number of rotatable bonds is 8. The van der Waals surface area contributed by atoms with E-state index in [2.05, 4.69) is 11.8 Å². The molecule has 0 bridgehead atoms. The summed E-state index contributed by atoms with van der Waals surface area (Å²) in [6.07, 6.45) is -0.269. The Morgan fingerprint density at radius 3 is 2.34 bits per heavy atom. The van der Waals surface area contributed by atoms with Crippen LogP contribution in [0.15, 0.2) is 40.1 Å². The molecule has 1 aliphatic heterocycles. The highest BCUT2D eigenvalue weighted by molar-refractivity contribution is 7.91. The molecule has 0 spiro atoms. The zero-order chi connectivity index (χ0) is 25.9. The van der Waals surface area contributed by atoms with E-state index < -0.39 is 36.9 Å². The zero-order valence-corrected chi connectivity index (χ0v) is 22.4. The van der Waals surface area contributed by atoms with Gasteiger partial charge >= 0.3 is 0 Å². The highest BCUT2D eigenvalue weighted by Crippen LogP contribution is 2.40. The molecule has 1 saturated heterocycles. The molecule has 1 aromatic heterocycles. The average Bonchev–Trinajstić information content (AvgIpc) is 3.17. The van der Waals surface area contributed by atoms with Crippen LogP contribution in [0, 0.1) is 17.3 Å². The molecule has 0 unspecified atom stereocenters. The minimum atomic E-state index is -4.00. The van der Waals surface area contributed by atoms with Crippen LogP contribution >= 0.6 is 34.5 Å². The first kappa shape index (κ1) is 27.7. The number of hydroxylamine groups is 1. The van der Waals surface area contributed by atoms with Crippen LogP contribution in [0.4, 0.5) is 0 Å². The molecule has 9 nitrogen and oxygen atoms in total. The van der Waals surface area contributed by atoms with E-state index in [0.29, 0.717) is 5.75 Å². The van der Waals surface area contributed by atoms with Crippen molar-refractivity contribution in [2.45, 2.75) is 29.6 Å². The minimum Gasteiger partial charge on any atom is -0.481 e. The maximum Gasteiger partial charge on any atom is 0.250 e. The van der Waals surface area contributed by atoms with Crippen LogP contribution in [-0.2, 0) is 24.7 Å². The second kappa shape index (κ2) is 11.0. The second-order valence-corrected chi connectivity index (χ2v) is 13.9. The number of amides is 1. The molecule has 1 amide bonds. The normalized spacial score (nSPS) is 16.2. The van der Waals surface area contributed by atoms with Gasteiger partial charge in [0.1, 0.15) is 21.6 Å². The van der Waals surface area contributed by atoms with Crippen LogP contribution in [0.5, 0.6) is 5.75 Å². The number of nitrogens with zero attached hydrogens (tertiary/aromatic N) is 1. The molecular weight excluding hydrogens is 559 g/mol. The molecule has 0 aliphatic carbocycles. The van der Waals surface area contributed by atoms with Gasteiger partial charge in [0, 0.05) is 13.1 Å². The number of hydrogen-bond acceptors (Lipinski definition) is 8. The number of benzene rings is 1. The Kier molecular flexibility index (Phi) is 8.75. The molecule has 190 valence electrons. The predicted octanol–water partition coefficient (Wildman–Crippen LogP) is 3.21. The number of thiophene rings is 1. The van der Waals surface area contributed by atoms with Crippen LogP contribution in [0.3, 0.4) is 0 Å². The maximum absolute atomic E-state index is 13.2. The van der Waals surface area contributed by atoms with Gasteiger partial charge in [-0.1, -0.05) is 29.1 Å². The lowest BCUT2D eigenvalue weighted by Gasteiger charge is -2.39. The molecule has 1 fully saturated rings. The van der Waals surface area contributed by atoms with Gasteiger partial charge in [-0.2, -0.15) is 4.31 Å². The molecule has 2 N–H and O–H groups in total. The number of carbonyl (C=O) groups is 1. The third-order valence-corrected chi connectivity index (χ3v) is 11.2. The van der Waals surface area contributed by atoms with E-state index in [4.69, 9.17) is 27.9 Å². The van der Waals surface area contributed by atoms with E-state index in [1.165, 1.54) is 30.3 Å². The first-order chi connectivity index (χ1) is 16.4. The summed E-state index contributed by atoms with van der Waals surface area (Å²) in [5, 5.41) is 9.32. The summed E-state index contributed by atoms with van der Waals surface area (Å²) in [4.78, 5) is 12.4. The van der Waals surface area contributed by atoms with E-state index in [1.54, 1.807) is 12.4 Å². The van der Waals surface area contributed by atoms with Crippen molar-refractivity contribution in [1.82, 2.24) is 9.79 Å². The lowest BCUT2D eigenvalue weighted by Crippen LogP contribution is -2.52. The summed E-state index contributed by atoms with van der Waals surface area (Å²) < 4.78 is 59.1. The maximum atomic E-state index is 13.2. The molecule has 3 rings (SSSR count). The van der Waals surface area contributed by atoms with Gasteiger partial charge in [-0.05, 0) is 50.1 Å². The molecule has 0 radical (unpaired) electrons. The van der Waals surface area contributed by atoms with Gasteiger partial charge in [0.05, 0.1) is 20.4 Å². The number of hydrogen-bond donors (Lipinski definition) is 2. The number of carbonyl (C=O) groups excluding carboxylic acids is 1. The Hall–Kier alpha value is -1.85. The zero-order valence-electron chi connectivity index (χ0n) is 18.5. The van der Waals surface area contributed by atoms with E-state index in [9.17, 15) is 26.8 Å². The van der Waals surface area contributed by atoms with Crippen LogP contribution in [0.2, 0.25) is 8.67 Å². The Morgan fingerprint density at radius 2 is 1.83 bits per heavy atom. The molecule has 0 saturated carbocycles. The van der Waals surface area contributed by atoms with Crippen molar-refractivity contribution in [2.24, 2.45) is 5.41 Å². The van der Waals surface area contributed by atoms with Crippen molar-refractivity contribution >= 4 is 60.3 Å². The van der Waals surface area contributed by atoms with E-state index >= 15 is 0 Å². The van der Waals surface area contributed by atoms with Crippen molar-refractivity contribution in [2.75, 3.05) is 25.4 Å². The second-order valence-electron chi connectivity index (χ2n) is 7.76. The Bertz CT molecular complexity index is 1350. The van der Waals surface area contributed by atoms with Crippen LogP contribution < -0.4 is 10.2 Å². The number of nitrogens with one attached hydrogen (secondary N) is 1.